The molecule has 1 heterocycles. The van der Waals surface area contributed by atoms with E-state index in [9.17, 15) is 4.79 Å². The summed E-state index contributed by atoms with van der Waals surface area (Å²) in [5.74, 6) is 0.210. The van der Waals surface area contributed by atoms with Gasteiger partial charge in [-0.05, 0) is 19.3 Å². The first-order valence-electron chi connectivity index (χ1n) is 4.87. The van der Waals surface area contributed by atoms with Crippen LogP contribution in [0.15, 0.2) is 0 Å². The van der Waals surface area contributed by atoms with E-state index in [-0.39, 0.29) is 5.91 Å². The summed E-state index contributed by atoms with van der Waals surface area (Å²) < 4.78 is 0. The summed E-state index contributed by atoms with van der Waals surface area (Å²) in [6.45, 7) is 0.829. The van der Waals surface area contributed by atoms with Crippen molar-refractivity contribution < 1.29 is 4.79 Å². The zero-order valence-corrected chi connectivity index (χ0v) is 7.31. The van der Waals surface area contributed by atoms with E-state index in [2.05, 4.69) is 10.6 Å². The van der Waals surface area contributed by atoms with Crippen LogP contribution in [0.25, 0.3) is 0 Å². The molecule has 3 nitrogen and oxygen atoms in total. The summed E-state index contributed by atoms with van der Waals surface area (Å²) in [7, 11) is 0. The molecule has 3 heteroatoms. The third-order valence-corrected chi connectivity index (χ3v) is 2.84. The second-order valence-corrected chi connectivity index (χ2v) is 3.83. The quantitative estimate of drug-likeness (QED) is 0.627. The molecular weight excluding hydrogens is 152 g/mol. The number of carbonyl (C=O) groups is 1. The number of nitrogens with one attached hydrogen (secondary N) is 2. The summed E-state index contributed by atoms with van der Waals surface area (Å²) in [5.41, 5.74) is 0. The molecule has 12 heavy (non-hydrogen) atoms. The van der Waals surface area contributed by atoms with Crippen LogP contribution < -0.4 is 10.6 Å². The Balaban J connectivity index is 1.70. The first-order valence-corrected chi connectivity index (χ1v) is 4.87. The Morgan fingerprint density at radius 3 is 2.58 bits per heavy atom. The SMILES string of the molecule is O=C1CCC(NC2CCC2)CN1. The maximum atomic E-state index is 10.8. The standard InChI is InChI=1S/C9H16N2O/c12-9-5-4-8(6-10-9)11-7-2-1-3-7/h7-8,11H,1-6H2,(H,10,12). The molecule has 0 aromatic rings. The molecule has 0 aromatic carbocycles. The molecule has 2 aliphatic rings. The van der Waals surface area contributed by atoms with E-state index in [4.69, 9.17) is 0 Å². The number of rotatable bonds is 2. The summed E-state index contributed by atoms with van der Waals surface area (Å²) >= 11 is 0. The lowest BCUT2D eigenvalue weighted by molar-refractivity contribution is -0.122. The number of piperidine rings is 1. The van der Waals surface area contributed by atoms with Crippen molar-refractivity contribution in [2.45, 2.75) is 44.2 Å². The minimum Gasteiger partial charge on any atom is -0.355 e. The Bertz CT molecular complexity index is 167. The second kappa shape index (κ2) is 3.44. The molecule has 1 atom stereocenters. The normalized spacial score (nSPS) is 31.0. The zero-order valence-electron chi connectivity index (χ0n) is 7.31. The van der Waals surface area contributed by atoms with Crippen LogP contribution in [0.1, 0.15) is 32.1 Å². The Kier molecular flexibility index (Phi) is 2.30. The van der Waals surface area contributed by atoms with E-state index in [1.807, 2.05) is 0 Å². The van der Waals surface area contributed by atoms with Crippen molar-refractivity contribution >= 4 is 5.91 Å². The molecule has 2 rings (SSSR count). The molecular formula is C9H16N2O. The van der Waals surface area contributed by atoms with Gasteiger partial charge < -0.3 is 10.6 Å². The third-order valence-electron chi connectivity index (χ3n) is 2.84. The lowest BCUT2D eigenvalue weighted by atomic mass is 9.91. The minimum atomic E-state index is 0.210. The van der Waals surface area contributed by atoms with Crippen LogP contribution in [0.2, 0.25) is 0 Å². The monoisotopic (exact) mass is 168 g/mol. The van der Waals surface area contributed by atoms with Crippen LogP contribution in [-0.2, 0) is 4.79 Å². The van der Waals surface area contributed by atoms with Crippen molar-refractivity contribution in [1.82, 2.24) is 10.6 Å². The van der Waals surface area contributed by atoms with Crippen LogP contribution in [0.5, 0.6) is 0 Å². The van der Waals surface area contributed by atoms with Gasteiger partial charge in [-0.1, -0.05) is 6.42 Å². The Morgan fingerprint density at radius 2 is 2.08 bits per heavy atom. The van der Waals surface area contributed by atoms with Crippen molar-refractivity contribution in [1.29, 1.82) is 0 Å². The Labute approximate surface area is 72.9 Å². The van der Waals surface area contributed by atoms with Gasteiger partial charge in [0.15, 0.2) is 0 Å². The highest BCUT2D eigenvalue weighted by molar-refractivity contribution is 5.76. The molecule has 0 spiro atoms. The first-order chi connectivity index (χ1) is 5.84. The van der Waals surface area contributed by atoms with E-state index in [1.165, 1.54) is 19.3 Å². The van der Waals surface area contributed by atoms with E-state index in [0.717, 1.165) is 19.0 Å². The molecule has 0 aromatic heterocycles. The number of carbonyl (C=O) groups excluding carboxylic acids is 1. The molecule has 1 unspecified atom stereocenters. The Morgan fingerprint density at radius 1 is 1.25 bits per heavy atom. The molecule has 1 aliphatic heterocycles. The second-order valence-electron chi connectivity index (χ2n) is 3.83. The summed E-state index contributed by atoms with van der Waals surface area (Å²) in [6, 6.07) is 1.28. The molecule has 1 saturated heterocycles. The van der Waals surface area contributed by atoms with Crippen LogP contribution in [0, 0.1) is 0 Å². The fourth-order valence-electron chi connectivity index (χ4n) is 1.78. The summed E-state index contributed by atoms with van der Waals surface area (Å²) in [6.07, 6.45) is 5.73. The van der Waals surface area contributed by atoms with Crippen molar-refractivity contribution in [2.24, 2.45) is 0 Å². The average Bonchev–Trinajstić information content (AvgIpc) is 2.00. The van der Waals surface area contributed by atoms with Gasteiger partial charge in [0.25, 0.3) is 0 Å². The third kappa shape index (κ3) is 1.78. The molecule has 2 fully saturated rings. The van der Waals surface area contributed by atoms with Crippen molar-refractivity contribution in [2.75, 3.05) is 6.54 Å². The maximum absolute atomic E-state index is 10.8. The molecule has 0 bridgehead atoms. The van der Waals surface area contributed by atoms with E-state index in [1.54, 1.807) is 0 Å². The topological polar surface area (TPSA) is 41.1 Å². The zero-order chi connectivity index (χ0) is 8.39. The van der Waals surface area contributed by atoms with E-state index < -0.39 is 0 Å². The minimum absolute atomic E-state index is 0.210. The van der Waals surface area contributed by atoms with Crippen molar-refractivity contribution in [3.8, 4) is 0 Å². The highest BCUT2D eigenvalue weighted by atomic mass is 16.1. The van der Waals surface area contributed by atoms with Gasteiger partial charge in [0.05, 0.1) is 0 Å². The molecule has 1 amide bonds. The van der Waals surface area contributed by atoms with Crippen molar-refractivity contribution in [3.05, 3.63) is 0 Å². The van der Waals surface area contributed by atoms with Gasteiger partial charge in [0.2, 0.25) is 5.91 Å². The lowest BCUT2D eigenvalue weighted by Crippen LogP contribution is -2.50. The van der Waals surface area contributed by atoms with Gasteiger partial charge >= 0.3 is 0 Å². The van der Waals surface area contributed by atoms with E-state index in [0.29, 0.717) is 12.5 Å². The first kappa shape index (κ1) is 8.05. The summed E-state index contributed by atoms with van der Waals surface area (Å²) in [5, 5.41) is 6.45. The predicted octanol–water partition coefficient (Wildman–Crippen LogP) is 0.407. The smallest absolute Gasteiger partial charge is 0.220 e. The van der Waals surface area contributed by atoms with Crippen molar-refractivity contribution in [3.63, 3.8) is 0 Å². The molecule has 2 N–H and O–H groups in total. The average molecular weight is 168 g/mol. The van der Waals surface area contributed by atoms with Gasteiger partial charge in [0, 0.05) is 25.0 Å². The fraction of sp³-hybridized carbons (Fsp3) is 0.889. The number of hydrogen-bond acceptors (Lipinski definition) is 2. The van der Waals surface area contributed by atoms with Gasteiger partial charge in [-0.2, -0.15) is 0 Å². The molecule has 1 saturated carbocycles. The highest BCUT2D eigenvalue weighted by Crippen LogP contribution is 2.19. The van der Waals surface area contributed by atoms with Gasteiger partial charge in [-0.15, -0.1) is 0 Å². The lowest BCUT2D eigenvalue weighted by Gasteiger charge is -2.33. The highest BCUT2D eigenvalue weighted by Gasteiger charge is 2.23. The van der Waals surface area contributed by atoms with Crippen LogP contribution in [-0.4, -0.2) is 24.5 Å². The Hall–Kier alpha value is -0.570. The van der Waals surface area contributed by atoms with Gasteiger partial charge in [-0.25, -0.2) is 0 Å². The molecule has 68 valence electrons. The van der Waals surface area contributed by atoms with E-state index >= 15 is 0 Å². The summed E-state index contributed by atoms with van der Waals surface area (Å²) in [4.78, 5) is 10.8. The number of hydrogen-bond donors (Lipinski definition) is 2. The molecule has 0 radical (unpaired) electrons. The van der Waals surface area contributed by atoms with Crippen LogP contribution >= 0.6 is 0 Å². The maximum Gasteiger partial charge on any atom is 0.220 e. The van der Waals surface area contributed by atoms with Gasteiger partial charge in [0.1, 0.15) is 0 Å². The van der Waals surface area contributed by atoms with Crippen LogP contribution in [0.3, 0.4) is 0 Å². The molecule has 1 aliphatic carbocycles. The van der Waals surface area contributed by atoms with Gasteiger partial charge in [-0.3, -0.25) is 4.79 Å². The largest absolute Gasteiger partial charge is 0.355 e. The predicted molar refractivity (Wildman–Crippen MR) is 46.8 cm³/mol. The fourth-order valence-corrected chi connectivity index (χ4v) is 1.78. The number of amides is 1. The van der Waals surface area contributed by atoms with Crippen LogP contribution in [0.4, 0.5) is 0 Å².